The van der Waals surface area contributed by atoms with E-state index in [4.69, 9.17) is 0 Å². The van der Waals surface area contributed by atoms with E-state index in [-0.39, 0.29) is 11.3 Å². The van der Waals surface area contributed by atoms with Gasteiger partial charge in [0.15, 0.2) is 0 Å². The van der Waals surface area contributed by atoms with Gasteiger partial charge in [-0.1, -0.05) is 54.0 Å². The molecule has 0 bridgehead atoms. The fourth-order valence-electron chi connectivity index (χ4n) is 2.94. The monoisotopic (exact) mass is 355 g/mol. The maximum Gasteiger partial charge on any atom is 0.251 e. The molecule has 1 aliphatic carbocycles. The van der Waals surface area contributed by atoms with Gasteiger partial charge in [-0.2, -0.15) is 0 Å². The largest absolute Gasteiger partial charge is 0.322 e. The molecular formula is C19H18BrNO. The molecule has 0 spiro atoms. The average Bonchev–Trinajstić information content (AvgIpc) is 2.49. The van der Waals surface area contributed by atoms with Crippen molar-refractivity contribution in [3.05, 3.63) is 69.7 Å². The number of halogens is 1. The van der Waals surface area contributed by atoms with Gasteiger partial charge in [0.2, 0.25) is 0 Å². The molecule has 3 rings (SSSR count). The molecule has 1 aliphatic rings. The van der Waals surface area contributed by atoms with Crippen molar-refractivity contribution in [3.8, 4) is 0 Å². The minimum atomic E-state index is -0.0300. The van der Waals surface area contributed by atoms with Gasteiger partial charge in [-0.15, -0.1) is 0 Å². The van der Waals surface area contributed by atoms with Gasteiger partial charge in [-0.25, -0.2) is 0 Å². The zero-order valence-corrected chi connectivity index (χ0v) is 14.3. The predicted octanol–water partition coefficient (Wildman–Crippen LogP) is 5.15. The van der Waals surface area contributed by atoms with Crippen LogP contribution < -0.4 is 5.32 Å². The molecule has 1 N–H and O–H groups in total. The number of fused-ring (bicyclic) bond motifs is 1. The molecule has 2 nitrogen and oxygen atoms in total. The summed E-state index contributed by atoms with van der Waals surface area (Å²) < 4.78 is 0.998. The van der Waals surface area contributed by atoms with Gasteiger partial charge >= 0.3 is 0 Å². The van der Waals surface area contributed by atoms with Crippen molar-refractivity contribution < 1.29 is 4.79 Å². The fraction of sp³-hybridized carbons (Fsp3) is 0.211. The van der Waals surface area contributed by atoms with E-state index in [1.807, 2.05) is 36.4 Å². The van der Waals surface area contributed by atoms with Gasteiger partial charge < -0.3 is 5.32 Å². The Hall–Kier alpha value is -1.87. The Morgan fingerprint density at radius 1 is 1.09 bits per heavy atom. The highest BCUT2D eigenvalue weighted by Gasteiger charge is 2.30. The molecule has 0 heterocycles. The van der Waals surface area contributed by atoms with Crippen LogP contribution in [0.2, 0.25) is 0 Å². The van der Waals surface area contributed by atoms with Crippen LogP contribution in [0.5, 0.6) is 0 Å². The minimum Gasteiger partial charge on any atom is -0.322 e. The van der Waals surface area contributed by atoms with Gasteiger partial charge in [0.25, 0.3) is 5.91 Å². The van der Waals surface area contributed by atoms with Crippen molar-refractivity contribution in [1.82, 2.24) is 0 Å². The van der Waals surface area contributed by atoms with Crippen molar-refractivity contribution in [2.24, 2.45) is 0 Å². The molecule has 0 unspecified atom stereocenters. The SMILES string of the molecule is CC1(C)CC(C(=O)Nc2ccc(Br)cc2)=Cc2ccccc21. The Bertz CT molecular complexity index is 744. The van der Waals surface area contributed by atoms with Crippen molar-refractivity contribution in [3.63, 3.8) is 0 Å². The smallest absolute Gasteiger partial charge is 0.251 e. The third-order valence-corrected chi connectivity index (χ3v) is 4.57. The third kappa shape index (κ3) is 3.00. The predicted molar refractivity (Wildman–Crippen MR) is 94.8 cm³/mol. The van der Waals surface area contributed by atoms with Crippen LogP contribution in [-0.4, -0.2) is 5.91 Å². The summed E-state index contributed by atoms with van der Waals surface area (Å²) in [6, 6.07) is 15.9. The van der Waals surface area contributed by atoms with Crippen molar-refractivity contribution in [2.45, 2.75) is 25.7 Å². The van der Waals surface area contributed by atoms with E-state index in [1.165, 1.54) is 5.56 Å². The molecule has 1 amide bonds. The second kappa shape index (κ2) is 5.73. The maximum atomic E-state index is 12.6. The average molecular weight is 356 g/mol. The standard InChI is InChI=1S/C19H18BrNO/c1-19(2)12-14(11-13-5-3-4-6-17(13)19)18(22)21-16-9-7-15(20)8-10-16/h3-11H,12H2,1-2H3,(H,21,22). The van der Waals surface area contributed by atoms with Crippen LogP contribution in [0.3, 0.4) is 0 Å². The fourth-order valence-corrected chi connectivity index (χ4v) is 3.20. The molecule has 0 saturated carbocycles. The molecule has 3 heteroatoms. The number of amides is 1. The van der Waals surface area contributed by atoms with Gasteiger partial charge in [0.1, 0.15) is 0 Å². The van der Waals surface area contributed by atoms with Crippen molar-refractivity contribution in [2.75, 3.05) is 5.32 Å². The number of nitrogens with one attached hydrogen (secondary N) is 1. The first-order valence-electron chi connectivity index (χ1n) is 7.33. The lowest BCUT2D eigenvalue weighted by molar-refractivity contribution is -0.113. The topological polar surface area (TPSA) is 29.1 Å². The molecule has 22 heavy (non-hydrogen) atoms. The van der Waals surface area contributed by atoms with Crippen molar-refractivity contribution in [1.29, 1.82) is 0 Å². The molecule has 0 fully saturated rings. The quantitative estimate of drug-likeness (QED) is 0.792. The molecule has 0 atom stereocenters. The third-order valence-electron chi connectivity index (χ3n) is 4.05. The molecular weight excluding hydrogens is 338 g/mol. The number of carbonyl (C=O) groups excluding carboxylic acids is 1. The van der Waals surface area contributed by atoms with Crippen LogP contribution in [-0.2, 0) is 10.2 Å². The maximum absolute atomic E-state index is 12.6. The van der Waals surface area contributed by atoms with Gasteiger partial charge in [-0.05, 0) is 53.3 Å². The lowest BCUT2D eigenvalue weighted by atomic mass is 9.73. The Morgan fingerprint density at radius 2 is 1.77 bits per heavy atom. The number of rotatable bonds is 2. The Kier molecular flexibility index (Phi) is 3.92. The van der Waals surface area contributed by atoms with Gasteiger partial charge in [-0.3, -0.25) is 4.79 Å². The van der Waals surface area contributed by atoms with Crippen LogP contribution in [0.15, 0.2) is 58.6 Å². The minimum absolute atomic E-state index is 0.0232. The van der Waals surface area contributed by atoms with E-state index in [0.29, 0.717) is 0 Å². The molecule has 0 saturated heterocycles. The zero-order chi connectivity index (χ0) is 15.7. The zero-order valence-electron chi connectivity index (χ0n) is 12.7. The van der Waals surface area contributed by atoms with Crippen LogP contribution in [0.1, 0.15) is 31.4 Å². The highest BCUT2D eigenvalue weighted by Crippen LogP contribution is 2.38. The number of hydrogen-bond acceptors (Lipinski definition) is 1. The first-order valence-corrected chi connectivity index (χ1v) is 8.12. The van der Waals surface area contributed by atoms with Gasteiger partial charge in [0.05, 0.1) is 0 Å². The Balaban J connectivity index is 1.87. The van der Waals surface area contributed by atoms with Crippen LogP contribution >= 0.6 is 15.9 Å². The highest BCUT2D eigenvalue weighted by atomic mass is 79.9. The Labute approximate surface area is 139 Å². The summed E-state index contributed by atoms with van der Waals surface area (Å²) in [6.45, 7) is 4.37. The Morgan fingerprint density at radius 3 is 2.50 bits per heavy atom. The summed E-state index contributed by atoms with van der Waals surface area (Å²) >= 11 is 3.40. The van der Waals surface area contributed by atoms with E-state index in [1.54, 1.807) is 0 Å². The molecule has 2 aromatic rings. The normalized spacial score (nSPS) is 15.7. The highest BCUT2D eigenvalue weighted by molar-refractivity contribution is 9.10. The van der Waals surface area contributed by atoms with E-state index in [0.717, 1.165) is 27.7 Å². The first kappa shape index (κ1) is 15.0. The lowest BCUT2D eigenvalue weighted by Gasteiger charge is -2.32. The molecule has 0 radical (unpaired) electrons. The van der Waals surface area contributed by atoms with Crippen LogP contribution in [0, 0.1) is 0 Å². The lowest BCUT2D eigenvalue weighted by Crippen LogP contribution is -2.27. The number of carbonyl (C=O) groups is 1. The summed E-state index contributed by atoms with van der Waals surface area (Å²) in [5, 5.41) is 2.98. The summed E-state index contributed by atoms with van der Waals surface area (Å²) in [6.07, 6.45) is 2.75. The van der Waals surface area contributed by atoms with E-state index in [2.05, 4.69) is 53.3 Å². The number of hydrogen-bond donors (Lipinski definition) is 1. The summed E-state index contributed by atoms with van der Waals surface area (Å²) in [4.78, 5) is 12.6. The van der Waals surface area contributed by atoms with Gasteiger partial charge in [0, 0.05) is 15.7 Å². The molecule has 112 valence electrons. The number of benzene rings is 2. The van der Waals surface area contributed by atoms with E-state index in [9.17, 15) is 4.79 Å². The van der Waals surface area contributed by atoms with E-state index >= 15 is 0 Å². The summed E-state index contributed by atoms with van der Waals surface area (Å²) in [5.41, 5.74) is 4.05. The molecule has 0 aromatic heterocycles. The van der Waals surface area contributed by atoms with E-state index < -0.39 is 0 Å². The molecule has 2 aromatic carbocycles. The second-order valence-electron chi connectivity index (χ2n) is 6.28. The van der Waals surface area contributed by atoms with Crippen molar-refractivity contribution >= 4 is 33.6 Å². The summed E-state index contributed by atoms with van der Waals surface area (Å²) in [5.74, 6) is -0.0232. The number of anilines is 1. The first-order chi connectivity index (χ1) is 10.5. The van der Waals surface area contributed by atoms with Crippen LogP contribution in [0.25, 0.3) is 6.08 Å². The molecule has 0 aliphatic heterocycles. The second-order valence-corrected chi connectivity index (χ2v) is 7.19. The summed E-state index contributed by atoms with van der Waals surface area (Å²) in [7, 11) is 0. The van der Waals surface area contributed by atoms with Crippen LogP contribution in [0.4, 0.5) is 5.69 Å².